The third-order valence-electron chi connectivity index (χ3n) is 2.11. The maximum Gasteiger partial charge on any atom is 0.429 e. The summed E-state index contributed by atoms with van der Waals surface area (Å²) in [7, 11) is 0. The molecule has 0 rings (SSSR count). The molecule has 0 heterocycles. The van der Waals surface area contributed by atoms with E-state index < -0.39 is 36.4 Å². The fourth-order valence-electron chi connectivity index (χ4n) is 1.02. The van der Waals surface area contributed by atoms with Crippen molar-refractivity contribution in [3.05, 3.63) is 38.0 Å². The lowest BCUT2D eigenvalue weighted by atomic mass is 10.1. The number of aliphatic hydroxyl groups is 1. The van der Waals surface area contributed by atoms with Gasteiger partial charge in [0.2, 0.25) is 0 Å². The maximum atomic E-state index is 11.3. The summed E-state index contributed by atoms with van der Waals surface area (Å²) in [5, 5.41) is 9.18. The number of rotatable bonds is 8. The highest BCUT2D eigenvalue weighted by atomic mass is 16.9. The van der Waals surface area contributed by atoms with Gasteiger partial charge in [0.15, 0.2) is 0 Å². The van der Waals surface area contributed by atoms with Gasteiger partial charge in [0.05, 0.1) is 12.5 Å². The quantitative estimate of drug-likeness (QED) is 0.392. The van der Waals surface area contributed by atoms with Crippen LogP contribution in [0.25, 0.3) is 0 Å². The number of carbonyl (C=O) groups excluding carboxylic acids is 3. The van der Waals surface area contributed by atoms with Crippen molar-refractivity contribution in [1.82, 2.24) is 0 Å². The van der Waals surface area contributed by atoms with Crippen LogP contribution in [0.15, 0.2) is 38.0 Å². The topological polar surface area (TPSA) is 99.1 Å². The van der Waals surface area contributed by atoms with Gasteiger partial charge in [-0.2, -0.15) is 0 Å². The Kier molecular flexibility index (Phi) is 6.95. The lowest BCUT2D eigenvalue weighted by Gasteiger charge is -2.33. The number of hydrogen-bond donors (Lipinski definition) is 1. The summed E-state index contributed by atoms with van der Waals surface area (Å²) in [5.74, 6) is -6.53. The van der Waals surface area contributed by atoms with Crippen LogP contribution >= 0.6 is 0 Å². The van der Waals surface area contributed by atoms with Gasteiger partial charge in [-0.1, -0.05) is 19.7 Å². The van der Waals surface area contributed by atoms with E-state index in [1.54, 1.807) is 0 Å². The van der Waals surface area contributed by atoms with E-state index in [2.05, 4.69) is 19.7 Å². The summed E-state index contributed by atoms with van der Waals surface area (Å²) in [5.41, 5.74) is 0. The second-order valence-electron chi connectivity index (χ2n) is 3.56. The Bertz CT molecular complexity index is 369. The monoisotopic (exact) mass is 284 g/mol. The van der Waals surface area contributed by atoms with E-state index in [1.807, 2.05) is 0 Å². The van der Waals surface area contributed by atoms with Crippen molar-refractivity contribution in [2.24, 2.45) is 5.92 Å². The predicted octanol–water partition coefficient (Wildman–Crippen LogP) is 0.456. The van der Waals surface area contributed by atoms with Gasteiger partial charge in [0.25, 0.3) is 0 Å². The van der Waals surface area contributed by atoms with Crippen molar-refractivity contribution >= 4 is 17.9 Å². The second-order valence-corrected chi connectivity index (χ2v) is 3.56. The minimum Gasteiger partial charge on any atom is -0.396 e. The molecule has 1 atom stereocenters. The van der Waals surface area contributed by atoms with Gasteiger partial charge >= 0.3 is 23.9 Å². The molecule has 0 aliphatic rings. The average molecular weight is 284 g/mol. The molecule has 0 spiro atoms. The predicted molar refractivity (Wildman–Crippen MR) is 67.8 cm³/mol. The molecule has 0 amide bonds. The van der Waals surface area contributed by atoms with Crippen LogP contribution in [0.2, 0.25) is 0 Å². The molecule has 0 radical (unpaired) electrons. The van der Waals surface area contributed by atoms with Crippen molar-refractivity contribution < 1.29 is 33.7 Å². The first-order chi connectivity index (χ1) is 9.34. The molecule has 1 N–H and O–H groups in total. The molecule has 0 saturated heterocycles. The smallest absolute Gasteiger partial charge is 0.396 e. The molecule has 0 saturated carbocycles. The summed E-state index contributed by atoms with van der Waals surface area (Å²) in [4.78, 5) is 34.0. The molecule has 7 heteroatoms. The van der Waals surface area contributed by atoms with Crippen molar-refractivity contribution in [1.29, 1.82) is 0 Å². The summed E-state index contributed by atoms with van der Waals surface area (Å²) in [6, 6.07) is 0. The maximum absolute atomic E-state index is 11.3. The van der Waals surface area contributed by atoms with E-state index in [4.69, 9.17) is 14.2 Å². The molecule has 1 unspecified atom stereocenters. The zero-order chi connectivity index (χ0) is 15.8. The first kappa shape index (κ1) is 17.6. The molecule has 0 aromatic heterocycles. The minimum atomic E-state index is -2.43. The fourth-order valence-corrected chi connectivity index (χ4v) is 1.02. The SMILES string of the molecule is C=CC(=O)OC(OC(=O)C=C)(OC(=O)C=C)C(C)CO. The van der Waals surface area contributed by atoms with Crippen molar-refractivity contribution in [3.8, 4) is 0 Å². The molecule has 0 aromatic rings. The van der Waals surface area contributed by atoms with E-state index in [-0.39, 0.29) is 0 Å². The Balaban J connectivity index is 5.58. The van der Waals surface area contributed by atoms with Crippen LogP contribution in [-0.4, -0.2) is 35.6 Å². The highest BCUT2D eigenvalue weighted by Crippen LogP contribution is 2.27. The van der Waals surface area contributed by atoms with Crippen LogP contribution in [0.1, 0.15) is 6.92 Å². The number of esters is 3. The Labute approximate surface area is 116 Å². The van der Waals surface area contributed by atoms with Gasteiger partial charge in [-0.25, -0.2) is 14.4 Å². The van der Waals surface area contributed by atoms with Crippen molar-refractivity contribution in [2.75, 3.05) is 6.61 Å². The first-order valence-corrected chi connectivity index (χ1v) is 5.52. The Morgan fingerprint density at radius 2 is 1.30 bits per heavy atom. The standard InChI is InChI=1S/C13H16O7/c1-5-10(15)18-13(9(4)8-14,19-11(16)6-2)20-12(17)7-3/h5-7,9,14H,1-3,8H2,4H3. The van der Waals surface area contributed by atoms with Crippen LogP contribution in [0.4, 0.5) is 0 Å². The van der Waals surface area contributed by atoms with E-state index >= 15 is 0 Å². The van der Waals surface area contributed by atoms with Gasteiger partial charge in [-0.3, -0.25) is 0 Å². The number of ether oxygens (including phenoxy) is 3. The average Bonchev–Trinajstić information content (AvgIpc) is 2.45. The Hall–Kier alpha value is -2.41. The van der Waals surface area contributed by atoms with Gasteiger partial charge in [0.1, 0.15) is 0 Å². The van der Waals surface area contributed by atoms with Crippen LogP contribution in [-0.2, 0) is 28.6 Å². The molecule has 110 valence electrons. The largest absolute Gasteiger partial charge is 0.429 e. The van der Waals surface area contributed by atoms with Crippen molar-refractivity contribution in [3.63, 3.8) is 0 Å². The van der Waals surface area contributed by atoms with E-state index in [0.29, 0.717) is 0 Å². The molecule has 0 aromatic carbocycles. The van der Waals surface area contributed by atoms with E-state index in [1.165, 1.54) is 6.92 Å². The van der Waals surface area contributed by atoms with E-state index in [9.17, 15) is 19.5 Å². The lowest BCUT2D eigenvalue weighted by Crippen LogP contribution is -2.50. The molecule has 0 aliphatic carbocycles. The zero-order valence-electron chi connectivity index (χ0n) is 11.0. The van der Waals surface area contributed by atoms with Crippen molar-refractivity contribution in [2.45, 2.75) is 12.9 Å². The highest BCUT2D eigenvalue weighted by molar-refractivity contribution is 5.85. The summed E-state index contributed by atoms with van der Waals surface area (Å²) >= 11 is 0. The molecular formula is C13H16O7. The lowest BCUT2D eigenvalue weighted by molar-refractivity contribution is -0.348. The second kappa shape index (κ2) is 7.90. The molecule has 20 heavy (non-hydrogen) atoms. The zero-order valence-corrected chi connectivity index (χ0v) is 11.0. The van der Waals surface area contributed by atoms with Gasteiger partial charge in [-0.15, -0.1) is 0 Å². The Morgan fingerprint density at radius 1 is 1.00 bits per heavy atom. The number of aliphatic hydroxyl groups excluding tert-OH is 1. The van der Waals surface area contributed by atoms with Gasteiger partial charge < -0.3 is 19.3 Å². The first-order valence-electron chi connectivity index (χ1n) is 5.52. The Morgan fingerprint density at radius 3 is 1.50 bits per heavy atom. The van der Waals surface area contributed by atoms with Crippen LogP contribution in [0, 0.1) is 5.92 Å². The summed E-state index contributed by atoms with van der Waals surface area (Å²) in [6.45, 7) is 10.2. The van der Waals surface area contributed by atoms with E-state index in [0.717, 1.165) is 18.2 Å². The van der Waals surface area contributed by atoms with Crippen LogP contribution in [0.3, 0.4) is 0 Å². The molecular weight excluding hydrogens is 268 g/mol. The highest BCUT2D eigenvalue weighted by Gasteiger charge is 2.48. The number of hydrogen-bond acceptors (Lipinski definition) is 7. The third-order valence-corrected chi connectivity index (χ3v) is 2.11. The minimum absolute atomic E-state index is 0.598. The third kappa shape index (κ3) is 4.69. The summed E-state index contributed by atoms with van der Waals surface area (Å²) in [6.07, 6.45) is 2.34. The normalized spacial score (nSPS) is 11.7. The van der Waals surface area contributed by atoms with Gasteiger partial charge in [-0.05, 0) is 6.92 Å². The molecule has 7 nitrogen and oxygen atoms in total. The van der Waals surface area contributed by atoms with Crippen LogP contribution < -0.4 is 0 Å². The summed E-state index contributed by atoms with van der Waals surface area (Å²) < 4.78 is 14.4. The molecule has 0 aliphatic heterocycles. The fraction of sp³-hybridized carbons (Fsp3) is 0.308. The molecule has 0 fully saturated rings. The van der Waals surface area contributed by atoms with Crippen LogP contribution in [0.5, 0.6) is 0 Å². The van der Waals surface area contributed by atoms with Gasteiger partial charge in [0, 0.05) is 18.2 Å². The molecule has 0 bridgehead atoms. The number of carbonyl (C=O) groups is 3.